The third kappa shape index (κ3) is 4.29. The molecule has 1 aliphatic rings. The van der Waals surface area contributed by atoms with Gasteiger partial charge in [0.25, 0.3) is 0 Å². The van der Waals surface area contributed by atoms with E-state index in [0.717, 1.165) is 12.1 Å². The maximum Gasteiger partial charge on any atom is 0.312 e. The van der Waals surface area contributed by atoms with Gasteiger partial charge in [-0.3, -0.25) is 9.59 Å². The first-order chi connectivity index (χ1) is 17.6. The lowest BCUT2D eigenvalue weighted by molar-refractivity contribution is -0.135. The van der Waals surface area contributed by atoms with Gasteiger partial charge in [0, 0.05) is 23.1 Å². The molecule has 0 spiro atoms. The van der Waals surface area contributed by atoms with Gasteiger partial charge in [0.2, 0.25) is 11.2 Å². The lowest BCUT2D eigenvalue weighted by Gasteiger charge is -2.26. The van der Waals surface area contributed by atoms with Crippen LogP contribution in [0.5, 0.6) is 34.5 Å². The zero-order valence-electron chi connectivity index (χ0n) is 20.0. The molecule has 0 unspecified atom stereocenters. The number of hydrogen-bond acceptors (Lipinski definition) is 9. The van der Waals surface area contributed by atoms with Crippen LogP contribution in [0.2, 0.25) is 0 Å². The number of carbonyl (C=O) groups is 1. The minimum Gasteiger partial charge on any atom is -0.507 e. The molecule has 0 aliphatic carbocycles. The van der Waals surface area contributed by atoms with E-state index in [1.54, 1.807) is 18.2 Å². The molecule has 1 aromatic heterocycles. The van der Waals surface area contributed by atoms with Crippen LogP contribution in [0.4, 0.5) is 0 Å². The summed E-state index contributed by atoms with van der Waals surface area (Å²) in [6.07, 6.45) is -0.0690. The molecule has 4 N–H and O–H groups in total. The smallest absolute Gasteiger partial charge is 0.312 e. The maximum absolute atomic E-state index is 13.2. The summed E-state index contributed by atoms with van der Waals surface area (Å²) in [5.74, 6) is -2.70. The van der Waals surface area contributed by atoms with E-state index in [9.17, 15) is 30.0 Å². The topological polar surface area (TPSA) is 147 Å². The van der Waals surface area contributed by atoms with E-state index in [4.69, 9.17) is 13.9 Å². The number of aromatic hydroxyl groups is 4. The van der Waals surface area contributed by atoms with Crippen LogP contribution in [0.1, 0.15) is 37.3 Å². The van der Waals surface area contributed by atoms with E-state index >= 15 is 0 Å². The quantitative estimate of drug-likeness (QED) is 0.172. The molecule has 2 heterocycles. The molecule has 37 heavy (non-hydrogen) atoms. The number of esters is 1. The Morgan fingerprint density at radius 1 is 0.973 bits per heavy atom. The number of fused-ring (bicyclic) bond motifs is 3. The number of rotatable bonds is 5. The van der Waals surface area contributed by atoms with E-state index in [0.29, 0.717) is 29.4 Å². The molecule has 0 radical (unpaired) electrons. The van der Waals surface area contributed by atoms with Crippen LogP contribution in [-0.4, -0.2) is 33.0 Å². The van der Waals surface area contributed by atoms with Crippen molar-refractivity contribution in [2.24, 2.45) is 5.92 Å². The summed E-state index contributed by atoms with van der Waals surface area (Å²) in [4.78, 5) is 25.7. The highest BCUT2D eigenvalue weighted by Crippen LogP contribution is 2.47. The zero-order valence-corrected chi connectivity index (χ0v) is 20.0. The second-order valence-corrected chi connectivity index (χ2v) is 9.33. The first-order valence-electron chi connectivity index (χ1n) is 11.7. The van der Waals surface area contributed by atoms with E-state index in [2.05, 4.69) is 0 Å². The molecule has 1 aliphatic heterocycles. The largest absolute Gasteiger partial charge is 0.507 e. The molecule has 0 amide bonds. The summed E-state index contributed by atoms with van der Waals surface area (Å²) in [5.41, 5.74) is 0.165. The molecule has 1 atom stereocenters. The number of hydrogen-bond donors (Lipinski definition) is 4. The first-order valence-corrected chi connectivity index (χ1v) is 11.7. The Bertz CT molecular complexity index is 1600. The second-order valence-electron chi connectivity index (χ2n) is 9.33. The number of phenolic OH excluding ortho intramolecular Hbond substituents is 3. The van der Waals surface area contributed by atoms with Crippen LogP contribution in [-0.2, 0) is 4.79 Å². The molecule has 190 valence electrons. The highest BCUT2D eigenvalue weighted by Gasteiger charge is 2.34. The fourth-order valence-corrected chi connectivity index (χ4v) is 4.41. The van der Waals surface area contributed by atoms with Crippen molar-refractivity contribution in [2.45, 2.75) is 26.2 Å². The van der Waals surface area contributed by atoms with E-state index < -0.39 is 40.3 Å². The van der Waals surface area contributed by atoms with Crippen molar-refractivity contribution in [1.82, 2.24) is 0 Å². The van der Waals surface area contributed by atoms with Gasteiger partial charge in [-0.05, 0) is 41.8 Å². The molecule has 9 nitrogen and oxygen atoms in total. The molecule has 0 saturated carbocycles. The molecule has 0 fully saturated rings. The van der Waals surface area contributed by atoms with E-state index in [-0.39, 0.29) is 34.5 Å². The fourth-order valence-electron chi connectivity index (χ4n) is 4.41. The number of benzene rings is 3. The van der Waals surface area contributed by atoms with Gasteiger partial charge >= 0.3 is 5.97 Å². The monoisotopic (exact) mass is 504 g/mol. The van der Waals surface area contributed by atoms with Gasteiger partial charge in [0.05, 0.1) is 13.0 Å². The van der Waals surface area contributed by atoms with Crippen molar-refractivity contribution in [3.8, 4) is 45.8 Å². The first kappa shape index (κ1) is 24.1. The third-order valence-corrected chi connectivity index (χ3v) is 6.15. The number of carbonyl (C=O) groups excluding carboxylic acids is 1. The normalized spacial score (nSPS) is 15.0. The Hall–Kier alpha value is -4.66. The second kappa shape index (κ2) is 9.09. The van der Waals surface area contributed by atoms with Crippen LogP contribution in [0.15, 0.2) is 57.7 Å². The standard InChI is InChI=1S/C28H24O9/c1-13(2)12-35-16-5-3-4-14(8-16)17-10-22(32)36-21-11-20(31)24-25(33)26(34)27(37-28(24)23(17)21)15-6-7-18(29)19(30)9-15/h3-9,11,13,17,29-31,34H,10,12H2,1-2H3/t17-/m1/s1. The molecule has 0 saturated heterocycles. The zero-order chi connectivity index (χ0) is 26.4. The van der Waals surface area contributed by atoms with Gasteiger partial charge in [0.1, 0.15) is 28.2 Å². The van der Waals surface area contributed by atoms with Gasteiger partial charge < -0.3 is 34.3 Å². The van der Waals surface area contributed by atoms with Crippen molar-refractivity contribution in [3.63, 3.8) is 0 Å². The van der Waals surface area contributed by atoms with Gasteiger partial charge in [-0.25, -0.2) is 0 Å². The van der Waals surface area contributed by atoms with Crippen molar-refractivity contribution in [2.75, 3.05) is 6.61 Å². The molecular formula is C28H24O9. The Kier molecular flexibility index (Phi) is 5.91. The average Bonchev–Trinajstić information content (AvgIpc) is 2.85. The summed E-state index contributed by atoms with van der Waals surface area (Å²) in [6.45, 7) is 4.55. The maximum atomic E-state index is 13.2. The lowest BCUT2D eigenvalue weighted by atomic mass is 9.85. The predicted octanol–water partition coefficient (Wildman–Crippen LogP) is 4.76. The summed E-state index contributed by atoms with van der Waals surface area (Å²) >= 11 is 0. The van der Waals surface area contributed by atoms with Crippen LogP contribution >= 0.6 is 0 Å². The van der Waals surface area contributed by atoms with Crippen molar-refractivity contribution in [3.05, 3.63) is 69.9 Å². The molecule has 0 bridgehead atoms. The highest BCUT2D eigenvalue weighted by molar-refractivity contribution is 5.94. The van der Waals surface area contributed by atoms with Gasteiger partial charge in [-0.1, -0.05) is 26.0 Å². The Labute approximate surface area is 210 Å². The minimum atomic E-state index is -0.909. The van der Waals surface area contributed by atoms with Crippen LogP contribution in [0.3, 0.4) is 0 Å². The summed E-state index contributed by atoms with van der Waals surface area (Å²) in [6, 6.07) is 12.0. The summed E-state index contributed by atoms with van der Waals surface area (Å²) in [5, 5.41) is 40.6. The molecule has 4 aromatic rings. The minimum absolute atomic E-state index is 0.0214. The Morgan fingerprint density at radius 2 is 1.76 bits per heavy atom. The predicted molar refractivity (Wildman–Crippen MR) is 133 cm³/mol. The Balaban J connectivity index is 1.75. The average molecular weight is 504 g/mol. The fraction of sp³-hybridized carbons (Fsp3) is 0.214. The summed E-state index contributed by atoms with van der Waals surface area (Å²) < 4.78 is 17.3. The summed E-state index contributed by atoms with van der Waals surface area (Å²) in [7, 11) is 0. The number of phenols is 3. The third-order valence-electron chi connectivity index (χ3n) is 6.15. The lowest BCUT2D eigenvalue weighted by Crippen LogP contribution is -2.22. The van der Waals surface area contributed by atoms with Crippen LogP contribution in [0.25, 0.3) is 22.3 Å². The van der Waals surface area contributed by atoms with Crippen molar-refractivity contribution < 1.29 is 39.1 Å². The van der Waals surface area contributed by atoms with E-state index in [1.807, 2.05) is 19.9 Å². The van der Waals surface area contributed by atoms with Crippen molar-refractivity contribution in [1.29, 1.82) is 0 Å². The van der Waals surface area contributed by atoms with Gasteiger partial charge in [-0.15, -0.1) is 0 Å². The highest BCUT2D eigenvalue weighted by atomic mass is 16.5. The van der Waals surface area contributed by atoms with Gasteiger partial charge in [-0.2, -0.15) is 0 Å². The van der Waals surface area contributed by atoms with Crippen LogP contribution < -0.4 is 14.9 Å². The SMILES string of the molecule is CC(C)COc1cccc([C@H]2CC(=O)Oc3cc(O)c4c(=O)c(O)c(-c5ccc(O)c(O)c5)oc4c32)c1. The van der Waals surface area contributed by atoms with Crippen molar-refractivity contribution >= 4 is 16.9 Å². The van der Waals surface area contributed by atoms with Gasteiger partial charge in [0.15, 0.2) is 17.3 Å². The van der Waals surface area contributed by atoms with Crippen LogP contribution in [0, 0.1) is 5.92 Å². The number of ether oxygens (including phenoxy) is 2. The molecular weight excluding hydrogens is 480 g/mol. The Morgan fingerprint density at radius 3 is 2.49 bits per heavy atom. The molecule has 3 aromatic carbocycles. The molecule has 9 heteroatoms. The molecule has 5 rings (SSSR count). The van der Waals surface area contributed by atoms with E-state index in [1.165, 1.54) is 12.1 Å².